The Hall–Kier alpha value is -1.65. The number of hydrogen-bond donors (Lipinski definition) is 0. The number of halogens is 1. The molecule has 0 aliphatic carbocycles. The second-order valence-corrected chi connectivity index (χ2v) is 7.64. The quantitative estimate of drug-likeness (QED) is 0.625. The molecule has 2 aromatic rings. The maximum atomic E-state index is 12.1. The van der Waals surface area contributed by atoms with E-state index >= 15 is 0 Å². The molecule has 0 radical (unpaired) electrons. The molecule has 0 N–H and O–H groups in total. The molecular weight excluding hydrogens is 308 g/mol. The molecule has 0 aliphatic rings. The van der Waals surface area contributed by atoms with Crippen molar-refractivity contribution in [3.05, 3.63) is 60.2 Å². The second-order valence-electron chi connectivity index (χ2n) is 4.58. The SMILES string of the molecule is CCS(=O)(=O)[C@H](Cl)C(=O)c1ccc(-c2ccccc2)cc1. The van der Waals surface area contributed by atoms with Gasteiger partial charge in [0.25, 0.3) is 0 Å². The van der Waals surface area contributed by atoms with Crippen LogP contribution in [-0.2, 0) is 9.84 Å². The predicted molar refractivity (Wildman–Crippen MR) is 85.3 cm³/mol. The van der Waals surface area contributed by atoms with E-state index in [1.807, 2.05) is 30.3 Å². The lowest BCUT2D eigenvalue weighted by Crippen LogP contribution is -2.26. The Bertz CT molecular complexity index is 722. The topological polar surface area (TPSA) is 51.2 Å². The van der Waals surface area contributed by atoms with Crippen LogP contribution in [0.25, 0.3) is 11.1 Å². The summed E-state index contributed by atoms with van der Waals surface area (Å²) in [7, 11) is -3.59. The lowest BCUT2D eigenvalue weighted by molar-refractivity contribution is 0.101. The number of ketones is 1. The molecule has 0 amide bonds. The fourth-order valence-electron chi connectivity index (χ4n) is 1.90. The molecular formula is C16H15ClO3S. The Kier molecular flexibility index (Phi) is 4.80. The molecule has 2 rings (SSSR count). The van der Waals surface area contributed by atoms with Gasteiger partial charge in [-0.15, -0.1) is 0 Å². The van der Waals surface area contributed by atoms with Crippen molar-refractivity contribution in [2.45, 2.75) is 11.6 Å². The van der Waals surface area contributed by atoms with Crippen LogP contribution >= 0.6 is 11.6 Å². The molecule has 3 nitrogen and oxygen atoms in total. The number of carbonyl (C=O) groups excluding carboxylic acids is 1. The van der Waals surface area contributed by atoms with Gasteiger partial charge < -0.3 is 0 Å². The van der Waals surface area contributed by atoms with Gasteiger partial charge in [-0.05, 0) is 11.1 Å². The highest BCUT2D eigenvalue weighted by Gasteiger charge is 2.29. The monoisotopic (exact) mass is 322 g/mol. The first-order valence-corrected chi connectivity index (χ1v) is 8.66. The number of rotatable bonds is 5. The largest absolute Gasteiger partial charge is 0.291 e. The van der Waals surface area contributed by atoms with Crippen LogP contribution in [0, 0.1) is 0 Å². The summed E-state index contributed by atoms with van der Waals surface area (Å²) in [5, 5.41) is 0. The van der Waals surface area contributed by atoms with E-state index in [2.05, 4.69) is 0 Å². The van der Waals surface area contributed by atoms with Crippen molar-refractivity contribution in [2.75, 3.05) is 5.75 Å². The maximum Gasteiger partial charge on any atom is 0.197 e. The first kappa shape index (κ1) is 15.7. The van der Waals surface area contributed by atoms with Crippen molar-refractivity contribution >= 4 is 27.2 Å². The van der Waals surface area contributed by atoms with Crippen molar-refractivity contribution < 1.29 is 13.2 Å². The molecule has 2 aromatic carbocycles. The van der Waals surface area contributed by atoms with Crippen molar-refractivity contribution in [1.29, 1.82) is 0 Å². The normalized spacial score (nSPS) is 12.9. The first-order valence-electron chi connectivity index (χ1n) is 6.51. The molecule has 110 valence electrons. The highest BCUT2D eigenvalue weighted by molar-refractivity contribution is 7.94. The lowest BCUT2D eigenvalue weighted by atomic mass is 10.0. The van der Waals surface area contributed by atoms with Gasteiger partial charge >= 0.3 is 0 Å². The molecule has 0 bridgehead atoms. The van der Waals surface area contributed by atoms with E-state index in [-0.39, 0.29) is 5.75 Å². The Balaban J connectivity index is 2.26. The smallest absolute Gasteiger partial charge is 0.197 e. The van der Waals surface area contributed by atoms with Gasteiger partial charge in [0.15, 0.2) is 20.3 Å². The molecule has 0 heterocycles. The Morgan fingerprint density at radius 1 is 1.00 bits per heavy atom. The van der Waals surface area contributed by atoms with Crippen LogP contribution in [0.3, 0.4) is 0 Å². The van der Waals surface area contributed by atoms with E-state index in [0.717, 1.165) is 11.1 Å². The third kappa shape index (κ3) is 3.52. The van der Waals surface area contributed by atoms with E-state index in [4.69, 9.17) is 11.6 Å². The Morgan fingerprint density at radius 2 is 1.52 bits per heavy atom. The zero-order chi connectivity index (χ0) is 15.5. The molecule has 0 saturated heterocycles. The van der Waals surface area contributed by atoms with E-state index in [0.29, 0.717) is 5.56 Å². The Labute approximate surface area is 129 Å². The summed E-state index contributed by atoms with van der Waals surface area (Å²) < 4.78 is 21.8. The molecule has 21 heavy (non-hydrogen) atoms. The van der Waals surface area contributed by atoms with E-state index in [1.54, 1.807) is 24.3 Å². The van der Waals surface area contributed by atoms with Crippen LogP contribution in [0.2, 0.25) is 0 Å². The van der Waals surface area contributed by atoms with Gasteiger partial charge in [-0.25, -0.2) is 8.42 Å². The number of alkyl halides is 1. The molecule has 0 spiro atoms. The third-order valence-electron chi connectivity index (χ3n) is 3.20. The summed E-state index contributed by atoms with van der Waals surface area (Å²) in [4.78, 5) is 12.1. The minimum absolute atomic E-state index is 0.158. The average Bonchev–Trinajstić information content (AvgIpc) is 2.54. The average molecular weight is 323 g/mol. The minimum atomic E-state index is -3.59. The summed E-state index contributed by atoms with van der Waals surface area (Å²) in [5.41, 5.74) is 2.28. The van der Waals surface area contributed by atoms with Gasteiger partial charge in [-0.2, -0.15) is 0 Å². The zero-order valence-electron chi connectivity index (χ0n) is 11.5. The molecule has 0 unspecified atom stereocenters. The predicted octanol–water partition coefficient (Wildman–Crippen LogP) is 3.54. The van der Waals surface area contributed by atoms with Crippen LogP contribution in [0.5, 0.6) is 0 Å². The molecule has 0 saturated carbocycles. The fourth-order valence-corrected chi connectivity index (χ4v) is 3.16. The zero-order valence-corrected chi connectivity index (χ0v) is 13.1. The van der Waals surface area contributed by atoms with E-state index in [1.165, 1.54) is 6.92 Å². The summed E-state index contributed by atoms with van der Waals surface area (Å²) in [6, 6.07) is 16.5. The Morgan fingerprint density at radius 3 is 2.05 bits per heavy atom. The summed E-state index contributed by atoms with van der Waals surface area (Å²) >= 11 is 5.78. The number of hydrogen-bond acceptors (Lipinski definition) is 3. The van der Waals surface area contributed by atoms with Crippen LogP contribution in [0.4, 0.5) is 0 Å². The van der Waals surface area contributed by atoms with Crippen LogP contribution in [0.15, 0.2) is 54.6 Å². The summed E-state index contributed by atoms with van der Waals surface area (Å²) in [6.07, 6.45) is 0. The van der Waals surface area contributed by atoms with Crippen LogP contribution < -0.4 is 0 Å². The van der Waals surface area contributed by atoms with Crippen LogP contribution in [-0.4, -0.2) is 24.7 Å². The highest BCUT2D eigenvalue weighted by atomic mass is 35.5. The standard InChI is InChI=1S/C16H15ClO3S/c1-2-21(19,20)16(17)15(18)14-10-8-13(9-11-14)12-6-4-3-5-7-12/h3-11,16H,2H2,1H3/t16-/m0/s1. The number of benzene rings is 2. The minimum Gasteiger partial charge on any atom is -0.291 e. The van der Waals surface area contributed by atoms with Crippen molar-refractivity contribution in [3.8, 4) is 11.1 Å². The van der Waals surface area contributed by atoms with E-state index in [9.17, 15) is 13.2 Å². The van der Waals surface area contributed by atoms with Crippen molar-refractivity contribution in [1.82, 2.24) is 0 Å². The third-order valence-corrected chi connectivity index (χ3v) is 5.86. The fraction of sp³-hybridized carbons (Fsp3) is 0.188. The summed E-state index contributed by atoms with van der Waals surface area (Å²) in [5.74, 6) is -0.743. The lowest BCUT2D eigenvalue weighted by Gasteiger charge is -2.09. The highest BCUT2D eigenvalue weighted by Crippen LogP contribution is 2.21. The van der Waals surface area contributed by atoms with Gasteiger partial charge in [0, 0.05) is 11.3 Å². The molecule has 0 fully saturated rings. The number of sulfone groups is 1. The van der Waals surface area contributed by atoms with Crippen LogP contribution in [0.1, 0.15) is 17.3 Å². The van der Waals surface area contributed by atoms with E-state index < -0.39 is 20.3 Å². The molecule has 0 aromatic heterocycles. The molecule has 5 heteroatoms. The van der Waals surface area contributed by atoms with Crippen molar-refractivity contribution in [3.63, 3.8) is 0 Å². The van der Waals surface area contributed by atoms with Crippen molar-refractivity contribution in [2.24, 2.45) is 0 Å². The maximum absolute atomic E-state index is 12.1. The van der Waals surface area contributed by atoms with Gasteiger partial charge in [0.1, 0.15) is 0 Å². The number of Topliss-reactive ketones (excluding diaryl/α,β-unsaturated/α-hetero) is 1. The molecule has 1 atom stereocenters. The number of carbonyl (C=O) groups is 1. The summed E-state index contributed by atoms with van der Waals surface area (Å²) in [6.45, 7) is 1.47. The van der Waals surface area contributed by atoms with Gasteiger partial charge in [0.05, 0.1) is 0 Å². The first-order chi connectivity index (χ1) is 9.95. The van der Waals surface area contributed by atoms with Gasteiger partial charge in [-0.3, -0.25) is 4.79 Å². The van der Waals surface area contributed by atoms with Gasteiger partial charge in [-0.1, -0.05) is 73.1 Å². The second kappa shape index (κ2) is 6.41. The van der Waals surface area contributed by atoms with Gasteiger partial charge in [0.2, 0.25) is 0 Å². The molecule has 0 aliphatic heterocycles.